The summed E-state index contributed by atoms with van der Waals surface area (Å²) in [6.45, 7) is 0. The lowest BCUT2D eigenvalue weighted by molar-refractivity contribution is 0.386. The topological polar surface area (TPSA) is 18.5 Å². The van der Waals surface area contributed by atoms with Gasteiger partial charge in [0.15, 0.2) is 11.6 Å². The van der Waals surface area contributed by atoms with Crippen molar-refractivity contribution >= 4 is 27.5 Å². The molecule has 0 radical (unpaired) electrons. The Kier molecular flexibility index (Phi) is 4.89. The van der Waals surface area contributed by atoms with Crippen molar-refractivity contribution in [2.75, 3.05) is 14.2 Å². The van der Waals surface area contributed by atoms with E-state index in [9.17, 15) is 4.39 Å². The highest BCUT2D eigenvalue weighted by molar-refractivity contribution is 9.10. The first-order valence-corrected chi connectivity index (χ1v) is 7.10. The quantitative estimate of drug-likeness (QED) is 0.720. The predicted octanol–water partition coefficient (Wildman–Crippen LogP) is 4.93. The number of benzene rings is 2. The van der Waals surface area contributed by atoms with E-state index in [1.54, 1.807) is 19.2 Å². The van der Waals surface area contributed by atoms with E-state index in [0.29, 0.717) is 11.3 Å². The van der Waals surface area contributed by atoms with Crippen LogP contribution >= 0.6 is 27.5 Å². The molecule has 5 heteroatoms. The fourth-order valence-corrected chi connectivity index (χ4v) is 2.61. The van der Waals surface area contributed by atoms with Crippen molar-refractivity contribution in [1.29, 1.82) is 0 Å². The fraction of sp³-hybridized carbons (Fsp3) is 0.200. The number of halogens is 3. The molecule has 0 amide bonds. The van der Waals surface area contributed by atoms with Crippen LogP contribution in [-0.2, 0) is 0 Å². The van der Waals surface area contributed by atoms with E-state index >= 15 is 0 Å². The van der Waals surface area contributed by atoms with E-state index in [-0.39, 0.29) is 5.75 Å². The van der Waals surface area contributed by atoms with Crippen LogP contribution < -0.4 is 9.47 Å². The molecular formula is C15H13BrClFO2. The highest BCUT2D eigenvalue weighted by Crippen LogP contribution is 2.37. The Hall–Kier alpha value is -1.26. The molecule has 0 spiro atoms. The average Bonchev–Trinajstić information content (AvgIpc) is 2.46. The number of rotatable bonds is 4. The molecule has 2 aromatic rings. The van der Waals surface area contributed by atoms with Gasteiger partial charge in [-0.25, -0.2) is 4.39 Å². The van der Waals surface area contributed by atoms with Gasteiger partial charge in [-0.2, -0.15) is 0 Å². The lowest BCUT2D eigenvalue weighted by atomic mass is 10.0. The Labute approximate surface area is 130 Å². The van der Waals surface area contributed by atoms with Crippen LogP contribution in [0, 0.1) is 5.82 Å². The number of alkyl halides is 1. The van der Waals surface area contributed by atoms with E-state index in [0.717, 1.165) is 10.0 Å². The fourth-order valence-electron chi connectivity index (χ4n) is 1.92. The minimum absolute atomic E-state index is 0.193. The number of hydrogen-bond acceptors (Lipinski definition) is 2. The highest BCUT2D eigenvalue weighted by Gasteiger charge is 2.18. The Morgan fingerprint density at radius 1 is 1.05 bits per heavy atom. The first kappa shape index (κ1) is 15.1. The van der Waals surface area contributed by atoms with Crippen LogP contribution in [0.2, 0.25) is 0 Å². The molecule has 2 aromatic carbocycles. The molecule has 0 saturated heterocycles. The molecule has 2 rings (SSSR count). The van der Waals surface area contributed by atoms with Crippen molar-refractivity contribution in [1.82, 2.24) is 0 Å². The molecule has 1 unspecified atom stereocenters. The second-order valence-corrected chi connectivity index (χ2v) is 5.49. The van der Waals surface area contributed by atoms with Gasteiger partial charge in [0.2, 0.25) is 0 Å². The summed E-state index contributed by atoms with van der Waals surface area (Å²) in [5.41, 5.74) is 1.41. The predicted molar refractivity (Wildman–Crippen MR) is 81.3 cm³/mol. The summed E-state index contributed by atoms with van der Waals surface area (Å²) in [6.07, 6.45) is 0. The standard InChI is InChI=1S/C15H13BrClFO2/c1-19-13-6-4-10(16)8-11(13)15(17)9-3-5-14(20-2)12(18)7-9/h3-8,15H,1-2H3. The first-order chi connectivity index (χ1) is 9.56. The SMILES string of the molecule is COc1ccc(C(Cl)c2cc(Br)ccc2OC)cc1F. The van der Waals surface area contributed by atoms with Crippen LogP contribution in [0.4, 0.5) is 4.39 Å². The maximum Gasteiger partial charge on any atom is 0.165 e. The molecule has 0 aliphatic rings. The first-order valence-electron chi connectivity index (χ1n) is 5.87. The Morgan fingerprint density at radius 2 is 1.70 bits per heavy atom. The molecule has 0 fully saturated rings. The smallest absolute Gasteiger partial charge is 0.165 e. The van der Waals surface area contributed by atoms with Crippen molar-refractivity contribution in [3.8, 4) is 11.5 Å². The summed E-state index contributed by atoms with van der Waals surface area (Å²) in [4.78, 5) is 0. The maximum absolute atomic E-state index is 13.8. The van der Waals surface area contributed by atoms with Gasteiger partial charge >= 0.3 is 0 Å². The number of hydrogen-bond donors (Lipinski definition) is 0. The monoisotopic (exact) mass is 358 g/mol. The molecule has 0 N–H and O–H groups in total. The van der Waals surface area contributed by atoms with Crippen molar-refractivity contribution in [2.45, 2.75) is 5.38 Å². The molecule has 0 aliphatic carbocycles. The minimum Gasteiger partial charge on any atom is -0.496 e. The zero-order valence-corrected chi connectivity index (χ0v) is 13.3. The Balaban J connectivity index is 2.43. The van der Waals surface area contributed by atoms with Crippen molar-refractivity contribution in [2.24, 2.45) is 0 Å². The third-order valence-electron chi connectivity index (χ3n) is 2.93. The van der Waals surface area contributed by atoms with Crippen LogP contribution in [0.25, 0.3) is 0 Å². The van der Waals surface area contributed by atoms with E-state index in [1.165, 1.54) is 13.2 Å². The van der Waals surface area contributed by atoms with E-state index in [4.69, 9.17) is 21.1 Å². The van der Waals surface area contributed by atoms with E-state index < -0.39 is 11.2 Å². The van der Waals surface area contributed by atoms with Gasteiger partial charge in [-0.15, -0.1) is 11.6 Å². The summed E-state index contributed by atoms with van der Waals surface area (Å²) in [5.74, 6) is 0.410. The molecule has 0 heterocycles. The summed E-state index contributed by atoms with van der Waals surface area (Å²) in [5, 5.41) is -0.511. The lowest BCUT2D eigenvalue weighted by Gasteiger charge is -2.15. The van der Waals surface area contributed by atoms with Crippen molar-refractivity contribution < 1.29 is 13.9 Å². The highest BCUT2D eigenvalue weighted by atomic mass is 79.9. The molecule has 0 bridgehead atoms. The van der Waals surface area contributed by atoms with Crippen LogP contribution in [-0.4, -0.2) is 14.2 Å². The van der Waals surface area contributed by atoms with E-state index in [2.05, 4.69) is 15.9 Å². The maximum atomic E-state index is 13.8. The van der Waals surface area contributed by atoms with Gasteiger partial charge in [0.1, 0.15) is 5.75 Å². The molecule has 2 nitrogen and oxygen atoms in total. The van der Waals surface area contributed by atoms with Crippen molar-refractivity contribution in [3.05, 3.63) is 57.8 Å². The molecular weight excluding hydrogens is 347 g/mol. The second-order valence-electron chi connectivity index (χ2n) is 4.14. The number of ether oxygens (including phenoxy) is 2. The van der Waals surface area contributed by atoms with Crippen LogP contribution in [0.1, 0.15) is 16.5 Å². The van der Waals surface area contributed by atoms with Crippen molar-refractivity contribution in [3.63, 3.8) is 0 Å². The van der Waals surface area contributed by atoms with E-state index in [1.807, 2.05) is 18.2 Å². The molecule has 106 valence electrons. The summed E-state index contributed by atoms with van der Waals surface area (Å²) >= 11 is 9.84. The molecule has 1 atom stereocenters. The molecule has 0 aliphatic heterocycles. The van der Waals surface area contributed by atoms with Gasteiger partial charge in [-0.05, 0) is 35.9 Å². The zero-order valence-electron chi connectivity index (χ0n) is 11.0. The molecule has 20 heavy (non-hydrogen) atoms. The van der Waals surface area contributed by atoms with Gasteiger partial charge in [-0.3, -0.25) is 0 Å². The average molecular weight is 360 g/mol. The third kappa shape index (κ3) is 3.07. The van der Waals surface area contributed by atoms with Crippen LogP contribution in [0.15, 0.2) is 40.9 Å². The third-order valence-corrected chi connectivity index (χ3v) is 3.91. The summed E-state index contributed by atoms with van der Waals surface area (Å²) in [7, 11) is 3.00. The van der Waals surface area contributed by atoms with Crippen LogP contribution in [0.5, 0.6) is 11.5 Å². The molecule has 0 aromatic heterocycles. The van der Waals surface area contributed by atoms with Gasteiger partial charge in [0.05, 0.1) is 19.6 Å². The normalized spacial score (nSPS) is 12.1. The zero-order chi connectivity index (χ0) is 14.7. The van der Waals surface area contributed by atoms with Crippen LogP contribution in [0.3, 0.4) is 0 Å². The lowest BCUT2D eigenvalue weighted by Crippen LogP contribution is -1.99. The Bertz CT molecular complexity index is 619. The Morgan fingerprint density at radius 3 is 2.30 bits per heavy atom. The minimum atomic E-state index is -0.511. The van der Waals surface area contributed by atoms with Gasteiger partial charge in [0, 0.05) is 10.0 Å². The van der Waals surface area contributed by atoms with Gasteiger partial charge in [0.25, 0.3) is 0 Å². The van der Waals surface area contributed by atoms with Gasteiger partial charge < -0.3 is 9.47 Å². The second kappa shape index (κ2) is 6.46. The summed E-state index contributed by atoms with van der Waals surface area (Å²) in [6, 6.07) is 10.2. The largest absolute Gasteiger partial charge is 0.496 e. The summed E-state index contributed by atoms with van der Waals surface area (Å²) < 4.78 is 24.8. The number of methoxy groups -OCH3 is 2. The van der Waals surface area contributed by atoms with Gasteiger partial charge in [-0.1, -0.05) is 22.0 Å². The molecule has 0 saturated carbocycles.